The average Bonchev–Trinajstić information content (AvgIpc) is 2.03. The second-order valence-electron chi connectivity index (χ2n) is 5.28. The molecule has 0 saturated heterocycles. The van der Waals surface area contributed by atoms with E-state index in [4.69, 9.17) is 5.73 Å². The molecule has 1 rings (SSSR count). The Kier molecular flexibility index (Phi) is 2.67. The molecule has 0 spiro atoms. The first-order valence-corrected chi connectivity index (χ1v) is 4.97. The normalized spacial score (nSPS) is 21.5. The maximum absolute atomic E-state index is 5.75. The zero-order valence-electron chi connectivity index (χ0n) is 9.22. The van der Waals surface area contributed by atoms with Gasteiger partial charge in [-0.05, 0) is 17.4 Å². The maximum Gasteiger partial charge on any atom is 0.00160 e. The Labute approximate surface area is 81.7 Å². The summed E-state index contributed by atoms with van der Waals surface area (Å²) in [5, 5.41) is 0. The Bertz CT molecular complexity index is 244. The van der Waals surface area contributed by atoms with E-state index in [9.17, 15) is 0 Å². The van der Waals surface area contributed by atoms with Gasteiger partial charge < -0.3 is 5.73 Å². The molecule has 1 heteroatoms. The molecule has 1 nitrogen and oxygen atoms in total. The second-order valence-corrected chi connectivity index (χ2v) is 5.28. The summed E-state index contributed by atoms with van der Waals surface area (Å²) in [5.74, 6) is 0. The summed E-state index contributed by atoms with van der Waals surface area (Å²) in [6, 6.07) is 0. The molecule has 74 valence electrons. The lowest BCUT2D eigenvalue weighted by molar-refractivity contribution is 0.426. The minimum Gasteiger partial charge on any atom is -0.330 e. The molecular weight excluding hydrogens is 158 g/mol. The molecule has 0 unspecified atom stereocenters. The predicted octanol–water partition coefficient (Wildman–Crippen LogP) is 2.88. The molecule has 1 aliphatic carbocycles. The van der Waals surface area contributed by atoms with Gasteiger partial charge in [-0.3, -0.25) is 0 Å². The summed E-state index contributed by atoms with van der Waals surface area (Å²) in [6.07, 6.45) is 7.97. The molecule has 2 N–H and O–H groups in total. The van der Waals surface area contributed by atoms with Crippen LogP contribution in [0.4, 0.5) is 0 Å². The third-order valence-corrected chi connectivity index (χ3v) is 2.78. The van der Waals surface area contributed by atoms with E-state index >= 15 is 0 Å². The summed E-state index contributed by atoms with van der Waals surface area (Å²) < 4.78 is 0. The molecule has 0 saturated carbocycles. The van der Waals surface area contributed by atoms with E-state index in [0.717, 1.165) is 6.42 Å². The molecule has 0 aromatic heterocycles. The first-order valence-electron chi connectivity index (χ1n) is 4.97. The van der Waals surface area contributed by atoms with Crippen molar-refractivity contribution in [2.45, 2.75) is 34.1 Å². The minimum absolute atomic E-state index is 0.119. The van der Waals surface area contributed by atoms with Crippen LogP contribution in [0, 0.1) is 10.8 Å². The van der Waals surface area contributed by atoms with Crippen LogP contribution in [-0.2, 0) is 0 Å². The van der Waals surface area contributed by atoms with Crippen LogP contribution >= 0.6 is 0 Å². The predicted molar refractivity (Wildman–Crippen MR) is 58.5 cm³/mol. The summed E-state index contributed by atoms with van der Waals surface area (Å²) in [5.41, 5.74) is 7.55. The molecule has 0 radical (unpaired) electrons. The Morgan fingerprint density at radius 1 is 1.46 bits per heavy atom. The molecule has 0 amide bonds. The van der Waals surface area contributed by atoms with Crippen LogP contribution in [0.3, 0.4) is 0 Å². The van der Waals surface area contributed by atoms with E-state index in [-0.39, 0.29) is 5.41 Å². The second kappa shape index (κ2) is 3.30. The van der Waals surface area contributed by atoms with Crippen LogP contribution in [0.2, 0.25) is 0 Å². The Morgan fingerprint density at radius 2 is 2.08 bits per heavy atom. The van der Waals surface area contributed by atoms with E-state index in [2.05, 4.69) is 45.9 Å². The zero-order valence-corrected chi connectivity index (χ0v) is 9.22. The first-order chi connectivity index (χ1) is 5.87. The number of hydrogen-bond donors (Lipinski definition) is 1. The fourth-order valence-corrected chi connectivity index (χ4v) is 1.56. The van der Waals surface area contributed by atoms with Gasteiger partial charge in [0.25, 0.3) is 0 Å². The van der Waals surface area contributed by atoms with Gasteiger partial charge in [0.05, 0.1) is 0 Å². The molecule has 1 aliphatic rings. The van der Waals surface area contributed by atoms with Crippen molar-refractivity contribution >= 4 is 0 Å². The lowest BCUT2D eigenvalue weighted by atomic mass is 9.75. The van der Waals surface area contributed by atoms with Crippen LogP contribution in [0.15, 0.2) is 23.8 Å². The fourth-order valence-electron chi connectivity index (χ4n) is 1.56. The monoisotopic (exact) mass is 179 g/mol. The van der Waals surface area contributed by atoms with Crippen molar-refractivity contribution in [3.63, 3.8) is 0 Å². The fraction of sp³-hybridized carbons (Fsp3) is 0.667. The summed E-state index contributed by atoms with van der Waals surface area (Å²) in [6.45, 7) is 9.64. The van der Waals surface area contributed by atoms with Crippen molar-refractivity contribution in [3.05, 3.63) is 23.8 Å². The highest BCUT2D eigenvalue weighted by molar-refractivity contribution is 5.31. The summed E-state index contributed by atoms with van der Waals surface area (Å²) >= 11 is 0. The van der Waals surface area contributed by atoms with Gasteiger partial charge in [-0.15, -0.1) is 0 Å². The molecule has 0 bridgehead atoms. The molecule has 0 aromatic rings. The average molecular weight is 179 g/mol. The van der Waals surface area contributed by atoms with Crippen molar-refractivity contribution in [1.29, 1.82) is 0 Å². The molecule has 0 aromatic carbocycles. The number of rotatable bonds is 2. The zero-order chi connectivity index (χ0) is 10.1. The van der Waals surface area contributed by atoms with Gasteiger partial charge in [0, 0.05) is 12.0 Å². The highest BCUT2D eigenvalue weighted by atomic mass is 14.6. The molecule has 13 heavy (non-hydrogen) atoms. The van der Waals surface area contributed by atoms with Crippen molar-refractivity contribution in [3.8, 4) is 0 Å². The maximum atomic E-state index is 5.75. The number of hydrogen-bond acceptors (Lipinski definition) is 1. The standard InChI is InChI=1S/C12H21N/c1-11(2)7-5-6-10(8-11)12(3,4)9-13/h5-6,8H,7,9,13H2,1-4H3. The topological polar surface area (TPSA) is 26.0 Å². The van der Waals surface area contributed by atoms with E-state index in [1.165, 1.54) is 5.57 Å². The Balaban J connectivity index is 2.93. The molecule has 0 heterocycles. The van der Waals surface area contributed by atoms with Crippen molar-refractivity contribution in [2.24, 2.45) is 16.6 Å². The van der Waals surface area contributed by atoms with Crippen LogP contribution in [0.5, 0.6) is 0 Å². The van der Waals surface area contributed by atoms with Gasteiger partial charge in [-0.1, -0.05) is 45.9 Å². The summed E-state index contributed by atoms with van der Waals surface area (Å²) in [7, 11) is 0. The first kappa shape index (κ1) is 10.5. The number of allylic oxidation sites excluding steroid dienone is 3. The lowest BCUT2D eigenvalue weighted by Gasteiger charge is -2.31. The third kappa shape index (κ3) is 2.44. The quantitative estimate of drug-likeness (QED) is 0.693. The van der Waals surface area contributed by atoms with Crippen LogP contribution in [-0.4, -0.2) is 6.54 Å². The van der Waals surface area contributed by atoms with Gasteiger partial charge in [0.1, 0.15) is 0 Å². The third-order valence-electron chi connectivity index (χ3n) is 2.78. The molecular formula is C12H21N. The van der Waals surface area contributed by atoms with Crippen molar-refractivity contribution in [1.82, 2.24) is 0 Å². The minimum atomic E-state index is 0.119. The van der Waals surface area contributed by atoms with Gasteiger partial charge >= 0.3 is 0 Å². The highest BCUT2D eigenvalue weighted by Crippen LogP contribution is 2.36. The van der Waals surface area contributed by atoms with Crippen LogP contribution < -0.4 is 5.73 Å². The lowest BCUT2D eigenvalue weighted by Crippen LogP contribution is -2.27. The van der Waals surface area contributed by atoms with Crippen molar-refractivity contribution < 1.29 is 0 Å². The molecule has 0 atom stereocenters. The SMILES string of the molecule is CC1(C)C=C(C(C)(C)CN)C=CC1. The van der Waals surface area contributed by atoms with Crippen molar-refractivity contribution in [2.75, 3.05) is 6.54 Å². The number of nitrogens with two attached hydrogens (primary N) is 1. The van der Waals surface area contributed by atoms with Crippen LogP contribution in [0.1, 0.15) is 34.1 Å². The Morgan fingerprint density at radius 3 is 2.54 bits per heavy atom. The van der Waals surface area contributed by atoms with Crippen LogP contribution in [0.25, 0.3) is 0 Å². The van der Waals surface area contributed by atoms with Gasteiger partial charge in [-0.2, -0.15) is 0 Å². The molecule has 0 fully saturated rings. The van der Waals surface area contributed by atoms with E-state index < -0.39 is 0 Å². The van der Waals surface area contributed by atoms with Gasteiger partial charge in [0.2, 0.25) is 0 Å². The summed E-state index contributed by atoms with van der Waals surface area (Å²) in [4.78, 5) is 0. The highest BCUT2D eigenvalue weighted by Gasteiger charge is 2.25. The van der Waals surface area contributed by atoms with E-state index in [1.807, 2.05) is 0 Å². The van der Waals surface area contributed by atoms with E-state index in [0.29, 0.717) is 12.0 Å². The van der Waals surface area contributed by atoms with Gasteiger partial charge in [0.15, 0.2) is 0 Å². The van der Waals surface area contributed by atoms with Gasteiger partial charge in [-0.25, -0.2) is 0 Å². The Hall–Kier alpha value is -0.560. The smallest absolute Gasteiger partial charge is 0.00160 e. The van der Waals surface area contributed by atoms with E-state index in [1.54, 1.807) is 0 Å². The largest absolute Gasteiger partial charge is 0.330 e. The molecule has 0 aliphatic heterocycles.